The lowest BCUT2D eigenvalue weighted by Gasteiger charge is -2.38. The lowest BCUT2D eigenvalue weighted by Crippen LogP contribution is -2.57. The fourth-order valence-electron chi connectivity index (χ4n) is 2.10. The first-order chi connectivity index (χ1) is 8.09. The van der Waals surface area contributed by atoms with Crippen LogP contribution in [0.2, 0.25) is 0 Å². The number of nitrogens with zero attached hydrogens (tertiary/aromatic N) is 2. The summed E-state index contributed by atoms with van der Waals surface area (Å²) in [5, 5.41) is 3.37. The lowest BCUT2D eigenvalue weighted by atomic mass is 10.1. The highest BCUT2D eigenvalue weighted by Gasteiger charge is 2.28. The maximum absolute atomic E-state index is 12.3. The van der Waals surface area contributed by atoms with Crippen LogP contribution in [-0.2, 0) is 0 Å². The van der Waals surface area contributed by atoms with Gasteiger partial charge in [0.2, 0.25) is 0 Å². The van der Waals surface area contributed by atoms with E-state index in [1.54, 1.807) is 6.20 Å². The number of carbonyl (C=O) groups excluding carboxylic acids is 1. The molecule has 0 aromatic carbocycles. The zero-order valence-electron chi connectivity index (χ0n) is 11.4. The predicted molar refractivity (Wildman–Crippen MR) is 81.4 cm³/mol. The van der Waals surface area contributed by atoms with Gasteiger partial charge in [0.05, 0.1) is 5.56 Å². The second-order valence-corrected chi connectivity index (χ2v) is 4.67. The Morgan fingerprint density at radius 3 is 2.63 bits per heavy atom. The molecule has 1 aromatic heterocycles. The molecule has 0 radical (unpaired) electrons. The van der Waals surface area contributed by atoms with Crippen LogP contribution in [0.5, 0.6) is 0 Å². The molecule has 0 saturated carbocycles. The van der Waals surface area contributed by atoms with E-state index in [-0.39, 0.29) is 36.8 Å². The predicted octanol–water partition coefficient (Wildman–Crippen LogP) is 2.06. The third kappa shape index (κ3) is 4.06. The molecule has 2 rings (SSSR count). The molecule has 1 fully saturated rings. The Hall–Kier alpha value is -0.840. The van der Waals surface area contributed by atoms with Crippen molar-refractivity contribution in [2.24, 2.45) is 0 Å². The minimum absolute atomic E-state index is 0. The standard InChI is InChI=1S/C13H19N3O.2ClH/c1-9-4-5-12(8-15-9)13(17)16-7-6-14-10(2)11(16)3;;/h4-5,8,10-11,14H,6-7H2,1-3H3;2*1H. The van der Waals surface area contributed by atoms with Crippen molar-refractivity contribution in [1.29, 1.82) is 0 Å². The summed E-state index contributed by atoms with van der Waals surface area (Å²) in [7, 11) is 0. The highest BCUT2D eigenvalue weighted by Crippen LogP contribution is 2.13. The van der Waals surface area contributed by atoms with Crippen molar-refractivity contribution in [2.75, 3.05) is 13.1 Å². The zero-order chi connectivity index (χ0) is 12.4. The first-order valence-corrected chi connectivity index (χ1v) is 6.06. The number of halogens is 2. The normalized spacial score (nSPS) is 22.2. The number of hydrogen-bond donors (Lipinski definition) is 1. The first kappa shape index (κ1) is 18.2. The number of hydrogen-bond acceptors (Lipinski definition) is 3. The van der Waals surface area contributed by atoms with E-state index in [0.29, 0.717) is 11.6 Å². The Morgan fingerprint density at radius 1 is 1.37 bits per heavy atom. The van der Waals surface area contributed by atoms with E-state index in [1.807, 2.05) is 24.0 Å². The Balaban J connectivity index is 0.00000162. The highest BCUT2D eigenvalue weighted by atomic mass is 35.5. The van der Waals surface area contributed by atoms with Crippen LogP contribution in [0.1, 0.15) is 29.9 Å². The number of amides is 1. The molecule has 19 heavy (non-hydrogen) atoms. The van der Waals surface area contributed by atoms with Gasteiger partial charge in [-0.25, -0.2) is 0 Å². The van der Waals surface area contributed by atoms with Crippen molar-refractivity contribution < 1.29 is 4.79 Å². The molecule has 1 aliphatic heterocycles. The quantitative estimate of drug-likeness (QED) is 0.864. The van der Waals surface area contributed by atoms with Crippen LogP contribution < -0.4 is 5.32 Å². The van der Waals surface area contributed by atoms with Crippen LogP contribution in [0.15, 0.2) is 18.3 Å². The van der Waals surface area contributed by atoms with Gasteiger partial charge in [0.15, 0.2) is 0 Å². The Morgan fingerprint density at radius 2 is 2.05 bits per heavy atom. The van der Waals surface area contributed by atoms with Crippen LogP contribution in [-0.4, -0.2) is 41.0 Å². The number of aromatic nitrogens is 1. The van der Waals surface area contributed by atoms with E-state index in [4.69, 9.17) is 0 Å². The zero-order valence-corrected chi connectivity index (χ0v) is 13.1. The van der Waals surface area contributed by atoms with Crippen LogP contribution in [0.3, 0.4) is 0 Å². The number of rotatable bonds is 1. The average Bonchev–Trinajstić information content (AvgIpc) is 2.33. The van der Waals surface area contributed by atoms with Crippen molar-refractivity contribution in [2.45, 2.75) is 32.9 Å². The molecule has 0 aliphatic carbocycles. The van der Waals surface area contributed by atoms with Gasteiger partial charge in [-0.05, 0) is 32.9 Å². The molecule has 1 N–H and O–H groups in total. The number of aryl methyl sites for hydroxylation is 1. The highest BCUT2D eigenvalue weighted by molar-refractivity contribution is 5.94. The SMILES string of the molecule is Cc1ccc(C(=O)N2CCNC(C)C2C)cn1.Cl.Cl. The summed E-state index contributed by atoms with van der Waals surface area (Å²) >= 11 is 0. The fraction of sp³-hybridized carbons (Fsp3) is 0.538. The minimum atomic E-state index is 0. The van der Waals surface area contributed by atoms with Gasteiger partial charge >= 0.3 is 0 Å². The van der Waals surface area contributed by atoms with Gasteiger partial charge in [-0.1, -0.05) is 0 Å². The third-order valence-electron chi connectivity index (χ3n) is 3.45. The lowest BCUT2D eigenvalue weighted by molar-refractivity contribution is 0.0602. The van der Waals surface area contributed by atoms with Crippen molar-refractivity contribution in [1.82, 2.24) is 15.2 Å². The van der Waals surface area contributed by atoms with Crippen molar-refractivity contribution in [3.63, 3.8) is 0 Å². The molecule has 2 unspecified atom stereocenters. The van der Waals surface area contributed by atoms with Crippen molar-refractivity contribution in [3.8, 4) is 0 Å². The van der Waals surface area contributed by atoms with E-state index >= 15 is 0 Å². The number of pyridine rings is 1. The fourth-order valence-corrected chi connectivity index (χ4v) is 2.10. The van der Waals surface area contributed by atoms with E-state index in [1.165, 1.54) is 0 Å². The Bertz CT molecular complexity index is 411. The second-order valence-electron chi connectivity index (χ2n) is 4.67. The molecule has 0 spiro atoms. The molecular formula is C13H21Cl2N3O. The summed E-state index contributed by atoms with van der Waals surface area (Å²) in [6.45, 7) is 7.73. The van der Waals surface area contributed by atoms with Crippen LogP contribution in [0.25, 0.3) is 0 Å². The largest absolute Gasteiger partial charge is 0.333 e. The van der Waals surface area contributed by atoms with Gasteiger partial charge in [-0.15, -0.1) is 24.8 Å². The molecule has 1 aliphatic rings. The Labute approximate surface area is 126 Å². The third-order valence-corrected chi connectivity index (χ3v) is 3.45. The molecule has 6 heteroatoms. The monoisotopic (exact) mass is 305 g/mol. The minimum Gasteiger partial charge on any atom is -0.333 e. The van der Waals surface area contributed by atoms with Gasteiger partial charge < -0.3 is 10.2 Å². The molecule has 2 heterocycles. The summed E-state index contributed by atoms with van der Waals surface area (Å²) in [4.78, 5) is 18.4. The first-order valence-electron chi connectivity index (χ1n) is 6.06. The van der Waals surface area contributed by atoms with E-state index in [0.717, 1.165) is 18.8 Å². The molecule has 2 atom stereocenters. The summed E-state index contributed by atoms with van der Waals surface area (Å²) in [6, 6.07) is 4.29. The van der Waals surface area contributed by atoms with Crippen molar-refractivity contribution >= 4 is 30.7 Å². The summed E-state index contributed by atoms with van der Waals surface area (Å²) < 4.78 is 0. The van der Waals surface area contributed by atoms with Gasteiger partial charge in [-0.3, -0.25) is 9.78 Å². The van der Waals surface area contributed by atoms with E-state index in [2.05, 4.69) is 24.1 Å². The molecule has 1 aromatic rings. The molecular weight excluding hydrogens is 285 g/mol. The number of nitrogens with one attached hydrogen (secondary N) is 1. The van der Waals surface area contributed by atoms with E-state index < -0.39 is 0 Å². The maximum atomic E-state index is 12.3. The Kier molecular flexibility index (Phi) is 7.34. The molecule has 1 amide bonds. The topological polar surface area (TPSA) is 45.2 Å². The summed E-state index contributed by atoms with van der Waals surface area (Å²) in [5.74, 6) is 0.0818. The maximum Gasteiger partial charge on any atom is 0.255 e. The average molecular weight is 306 g/mol. The number of piperazine rings is 1. The molecule has 0 bridgehead atoms. The molecule has 1 saturated heterocycles. The van der Waals surface area contributed by atoms with Crippen LogP contribution in [0.4, 0.5) is 0 Å². The number of carbonyl (C=O) groups is 1. The molecule has 108 valence electrons. The van der Waals surface area contributed by atoms with Gasteiger partial charge in [0.1, 0.15) is 0 Å². The van der Waals surface area contributed by atoms with Gasteiger partial charge in [-0.2, -0.15) is 0 Å². The van der Waals surface area contributed by atoms with Crippen molar-refractivity contribution in [3.05, 3.63) is 29.6 Å². The summed E-state index contributed by atoms with van der Waals surface area (Å²) in [6.07, 6.45) is 1.66. The van der Waals surface area contributed by atoms with E-state index in [9.17, 15) is 4.79 Å². The van der Waals surface area contributed by atoms with Gasteiger partial charge in [0, 0.05) is 37.1 Å². The molecule has 4 nitrogen and oxygen atoms in total. The van der Waals surface area contributed by atoms with Gasteiger partial charge in [0.25, 0.3) is 5.91 Å². The summed E-state index contributed by atoms with van der Waals surface area (Å²) in [5.41, 5.74) is 1.61. The van der Waals surface area contributed by atoms with Crippen LogP contribution in [0, 0.1) is 6.92 Å². The smallest absolute Gasteiger partial charge is 0.255 e. The second kappa shape index (κ2) is 7.68. The van der Waals surface area contributed by atoms with Crippen LogP contribution >= 0.6 is 24.8 Å².